The van der Waals surface area contributed by atoms with E-state index in [4.69, 9.17) is 11.6 Å². The molecule has 0 amide bonds. The van der Waals surface area contributed by atoms with E-state index in [2.05, 4.69) is 17.3 Å². The van der Waals surface area contributed by atoms with Gasteiger partial charge in [0.25, 0.3) is 0 Å². The van der Waals surface area contributed by atoms with Crippen LogP contribution in [0.4, 0.5) is 4.39 Å². The third-order valence-electron chi connectivity index (χ3n) is 4.50. The zero-order valence-electron chi connectivity index (χ0n) is 11.6. The fourth-order valence-electron chi connectivity index (χ4n) is 3.45. The minimum absolute atomic E-state index is 0. The first-order valence-electron chi connectivity index (χ1n) is 7.02. The Morgan fingerprint density at radius 1 is 1.30 bits per heavy atom. The molecule has 2 fully saturated rings. The van der Waals surface area contributed by atoms with Crippen molar-refractivity contribution in [1.82, 2.24) is 10.2 Å². The Morgan fingerprint density at radius 3 is 2.60 bits per heavy atom. The van der Waals surface area contributed by atoms with E-state index in [0.717, 1.165) is 0 Å². The summed E-state index contributed by atoms with van der Waals surface area (Å²) in [4.78, 5) is 2.28. The molecule has 1 aromatic rings. The predicted octanol–water partition coefficient (Wildman–Crippen LogP) is 3.62. The molecule has 1 N–H and O–H groups in total. The molecule has 1 aromatic carbocycles. The zero-order valence-corrected chi connectivity index (χ0v) is 13.2. The van der Waals surface area contributed by atoms with Crippen LogP contribution in [0.15, 0.2) is 18.2 Å². The summed E-state index contributed by atoms with van der Waals surface area (Å²) >= 11 is 5.95. The lowest BCUT2D eigenvalue weighted by Gasteiger charge is -2.35. The number of fused-ring (bicyclic) bond motifs is 2. The van der Waals surface area contributed by atoms with Crippen LogP contribution in [0, 0.1) is 5.82 Å². The summed E-state index contributed by atoms with van der Waals surface area (Å²) < 4.78 is 13.8. The van der Waals surface area contributed by atoms with Crippen LogP contribution < -0.4 is 5.32 Å². The summed E-state index contributed by atoms with van der Waals surface area (Å²) in [5, 5.41) is 4.24. The highest BCUT2D eigenvalue weighted by Gasteiger charge is 2.35. The van der Waals surface area contributed by atoms with Crippen LogP contribution in [-0.4, -0.2) is 30.1 Å². The van der Waals surface area contributed by atoms with Crippen molar-refractivity contribution < 1.29 is 4.39 Å². The van der Waals surface area contributed by atoms with Gasteiger partial charge in [0.2, 0.25) is 0 Å². The number of hydrogen-bond donors (Lipinski definition) is 1. The van der Waals surface area contributed by atoms with Gasteiger partial charge in [-0.3, -0.25) is 4.90 Å². The molecule has 0 saturated carbocycles. The van der Waals surface area contributed by atoms with Gasteiger partial charge in [0.05, 0.1) is 0 Å². The molecule has 5 heteroatoms. The van der Waals surface area contributed by atoms with Crippen molar-refractivity contribution in [2.75, 3.05) is 7.05 Å². The van der Waals surface area contributed by atoms with E-state index < -0.39 is 0 Å². The van der Waals surface area contributed by atoms with Gasteiger partial charge in [0.15, 0.2) is 0 Å². The molecule has 2 nitrogen and oxygen atoms in total. The van der Waals surface area contributed by atoms with Crippen LogP contribution in [0.1, 0.15) is 31.2 Å². The quantitative estimate of drug-likeness (QED) is 0.915. The number of benzene rings is 1. The number of nitrogens with zero attached hydrogens (tertiary/aromatic N) is 1. The topological polar surface area (TPSA) is 15.3 Å². The standard InChI is InChI=1S/C15H20ClFN2.ClH/c1-19(9-10-6-11(16)2-5-15(10)17)14-7-12-3-4-13(8-14)18-12;/h2,5-6,12-14,18H,3-4,7-9H2,1H3;1H. The van der Waals surface area contributed by atoms with Gasteiger partial charge in [-0.15, -0.1) is 12.4 Å². The van der Waals surface area contributed by atoms with Crippen molar-refractivity contribution >= 4 is 24.0 Å². The number of piperidine rings is 1. The van der Waals surface area contributed by atoms with Crippen molar-refractivity contribution in [3.05, 3.63) is 34.6 Å². The van der Waals surface area contributed by atoms with E-state index in [1.165, 1.54) is 31.7 Å². The van der Waals surface area contributed by atoms with Crippen molar-refractivity contribution in [3.8, 4) is 0 Å². The molecule has 112 valence electrons. The Morgan fingerprint density at radius 2 is 1.95 bits per heavy atom. The highest BCUT2D eigenvalue weighted by molar-refractivity contribution is 6.30. The molecule has 2 aliphatic rings. The molecule has 2 heterocycles. The molecule has 0 aliphatic carbocycles. The Balaban J connectivity index is 0.00000147. The highest BCUT2D eigenvalue weighted by Crippen LogP contribution is 2.30. The maximum absolute atomic E-state index is 13.8. The van der Waals surface area contributed by atoms with Crippen LogP contribution in [0.3, 0.4) is 0 Å². The molecule has 3 rings (SSSR count). The summed E-state index contributed by atoms with van der Waals surface area (Å²) in [6.07, 6.45) is 4.94. The van der Waals surface area contributed by atoms with Crippen LogP contribution in [0.5, 0.6) is 0 Å². The predicted molar refractivity (Wildman–Crippen MR) is 83.1 cm³/mol. The van der Waals surface area contributed by atoms with Crippen molar-refractivity contribution in [1.29, 1.82) is 0 Å². The lowest BCUT2D eigenvalue weighted by atomic mass is 9.98. The van der Waals surface area contributed by atoms with Gasteiger partial charge in [-0.2, -0.15) is 0 Å². The third kappa shape index (κ3) is 3.45. The van der Waals surface area contributed by atoms with Crippen molar-refractivity contribution in [2.45, 2.75) is 50.4 Å². The number of hydrogen-bond acceptors (Lipinski definition) is 2. The SMILES string of the molecule is CN(Cc1cc(Cl)ccc1F)C1CC2CCC(C1)N2.Cl. The van der Waals surface area contributed by atoms with Crippen LogP contribution >= 0.6 is 24.0 Å². The van der Waals surface area contributed by atoms with Gasteiger partial charge >= 0.3 is 0 Å². The van der Waals surface area contributed by atoms with E-state index in [9.17, 15) is 4.39 Å². The number of halogens is 3. The van der Waals surface area contributed by atoms with Crippen LogP contribution in [-0.2, 0) is 6.54 Å². The molecule has 2 unspecified atom stereocenters. The first-order chi connectivity index (χ1) is 9.11. The second kappa shape index (κ2) is 6.61. The van der Waals surface area contributed by atoms with E-state index in [0.29, 0.717) is 35.3 Å². The summed E-state index contributed by atoms with van der Waals surface area (Å²) in [5.74, 6) is -0.159. The van der Waals surface area contributed by atoms with Gasteiger partial charge in [0.1, 0.15) is 5.82 Å². The maximum Gasteiger partial charge on any atom is 0.127 e. The monoisotopic (exact) mass is 318 g/mol. The van der Waals surface area contributed by atoms with E-state index >= 15 is 0 Å². The fourth-order valence-corrected chi connectivity index (χ4v) is 3.64. The van der Waals surface area contributed by atoms with Gasteiger partial charge in [0, 0.05) is 35.3 Å². The molecular weight excluding hydrogens is 298 g/mol. The van der Waals surface area contributed by atoms with E-state index in [1.54, 1.807) is 12.1 Å². The van der Waals surface area contributed by atoms with Crippen LogP contribution in [0.25, 0.3) is 0 Å². The van der Waals surface area contributed by atoms with Crippen molar-refractivity contribution in [2.24, 2.45) is 0 Å². The minimum atomic E-state index is -0.159. The van der Waals surface area contributed by atoms with Gasteiger partial charge < -0.3 is 5.32 Å². The minimum Gasteiger partial charge on any atom is -0.311 e. The first kappa shape index (κ1) is 16.0. The average molecular weight is 319 g/mol. The second-order valence-electron chi connectivity index (χ2n) is 5.91. The molecular formula is C15H21Cl2FN2. The van der Waals surface area contributed by atoms with Crippen LogP contribution in [0.2, 0.25) is 5.02 Å². The second-order valence-corrected chi connectivity index (χ2v) is 6.35. The lowest BCUT2D eigenvalue weighted by Crippen LogP contribution is -2.46. The highest BCUT2D eigenvalue weighted by atomic mass is 35.5. The van der Waals surface area contributed by atoms with Gasteiger partial charge in [-0.25, -0.2) is 4.39 Å². The third-order valence-corrected chi connectivity index (χ3v) is 4.73. The fraction of sp³-hybridized carbons (Fsp3) is 0.600. The summed E-state index contributed by atoms with van der Waals surface area (Å²) in [6.45, 7) is 0.635. The molecule has 0 radical (unpaired) electrons. The summed E-state index contributed by atoms with van der Waals surface area (Å²) in [7, 11) is 2.09. The number of nitrogens with one attached hydrogen (secondary N) is 1. The lowest BCUT2D eigenvalue weighted by molar-refractivity contribution is 0.164. The number of rotatable bonds is 3. The van der Waals surface area contributed by atoms with Gasteiger partial charge in [-0.05, 0) is 50.9 Å². The van der Waals surface area contributed by atoms with Crippen molar-refractivity contribution in [3.63, 3.8) is 0 Å². The Hall–Kier alpha value is -0.350. The zero-order chi connectivity index (χ0) is 13.4. The smallest absolute Gasteiger partial charge is 0.127 e. The summed E-state index contributed by atoms with van der Waals surface area (Å²) in [5.41, 5.74) is 0.695. The molecule has 0 aromatic heterocycles. The molecule has 2 bridgehead atoms. The Bertz CT molecular complexity index is 457. The molecule has 2 aliphatic heterocycles. The first-order valence-corrected chi connectivity index (χ1v) is 7.40. The van der Waals surface area contributed by atoms with E-state index in [1.807, 2.05) is 0 Å². The Kier molecular flexibility index (Phi) is 5.30. The molecule has 2 atom stereocenters. The maximum atomic E-state index is 13.8. The average Bonchev–Trinajstić information content (AvgIpc) is 2.72. The molecule has 0 spiro atoms. The van der Waals surface area contributed by atoms with Gasteiger partial charge in [-0.1, -0.05) is 11.6 Å². The molecule has 20 heavy (non-hydrogen) atoms. The summed E-state index contributed by atoms with van der Waals surface area (Å²) in [6, 6.07) is 6.68. The molecule has 2 saturated heterocycles. The Labute approximate surface area is 131 Å². The van der Waals surface area contributed by atoms with E-state index in [-0.39, 0.29) is 18.2 Å². The largest absolute Gasteiger partial charge is 0.311 e. The normalized spacial score (nSPS) is 28.5.